The lowest BCUT2D eigenvalue weighted by Gasteiger charge is -2.20. The molecule has 1 aromatic carbocycles. The van der Waals surface area contributed by atoms with Gasteiger partial charge in [-0.25, -0.2) is 0 Å². The molecule has 0 aliphatic rings. The highest BCUT2D eigenvalue weighted by atomic mass is 16.5. The van der Waals surface area contributed by atoms with Gasteiger partial charge in [-0.05, 0) is 39.3 Å². The van der Waals surface area contributed by atoms with E-state index >= 15 is 0 Å². The predicted octanol–water partition coefficient (Wildman–Crippen LogP) is 3.78. The van der Waals surface area contributed by atoms with Crippen molar-refractivity contribution < 1.29 is 4.74 Å². The maximum Gasteiger partial charge on any atom is 0.124 e. The average Bonchev–Trinajstić information content (AvgIpc) is 2.25. The molecule has 0 saturated carbocycles. The molecule has 0 aliphatic carbocycles. The number of hydrogen-bond acceptors (Lipinski definition) is 2. The largest absolute Gasteiger partial charge is 0.491 e. The van der Waals surface area contributed by atoms with Gasteiger partial charge in [0, 0.05) is 11.6 Å². The molecule has 1 unspecified atom stereocenters. The molecule has 0 aliphatic heterocycles. The standard InChI is InChI=1S/C15H25NO/c1-11(2)10-16-13(5)14-8-6-7-9-15(14)17-12(3)4/h6-9,11-13,16H,10H2,1-5H3. The second kappa shape index (κ2) is 6.65. The quantitative estimate of drug-likeness (QED) is 0.810. The minimum atomic E-state index is 0.216. The first-order chi connectivity index (χ1) is 8.00. The molecule has 1 aromatic rings. The Bertz CT molecular complexity index is 333. The maximum atomic E-state index is 5.83. The predicted molar refractivity (Wildman–Crippen MR) is 73.5 cm³/mol. The average molecular weight is 235 g/mol. The summed E-state index contributed by atoms with van der Waals surface area (Å²) in [6.45, 7) is 11.8. The lowest BCUT2D eigenvalue weighted by Crippen LogP contribution is -2.24. The Hall–Kier alpha value is -1.02. The third-order valence-electron chi connectivity index (χ3n) is 2.58. The molecule has 17 heavy (non-hydrogen) atoms. The van der Waals surface area contributed by atoms with E-state index in [9.17, 15) is 0 Å². The van der Waals surface area contributed by atoms with Crippen LogP contribution >= 0.6 is 0 Å². The van der Waals surface area contributed by atoms with Crippen molar-refractivity contribution in [2.45, 2.75) is 46.8 Å². The van der Waals surface area contributed by atoms with Crippen LogP contribution in [0.1, 0.15) is 46.2 Å². The summed E-state index contributed by atoms with van der Waals surface area (Å²) in [5, 5.41) is 3.53. The molecule has 2 nitrogen and oxygen atoms in total. The summed E-state index contributed by atoms with van der Waals surface area (Å²) in [7, 11) is 0. The van der Waals surface area contributed by atoms with Crippen LogP contribution in [0.25, 0.3) is 0 Å². The number of ether oxygens (including phenoxy) is 1. The molecule has 0 saturated heterocycles. The monoisotopic (exact) mass is 235 g/mol. The van der Waals surface area contributed by atoms with Gasteiger partial charge in [0.25, 0.3) is 0 Å². The minimum Gasteiger partial charge on any atom is -0.491 e. The molecule has 1 N–H and O–H groups in total. The first kappa shape index (κ1) is 14.0. The van der Waals surface area contributed by atoms with Crippen molar-refractivity contribution >= 4 is 0 Å². The first-order valence-electron chi connectivity index (χ1n) is 6.49. The normalized spacial score (nSPS) is 13.1. The van der Waals surface area contributed by atoms with E-state index in [2.05, 4.69) is 52.1 Å². The van der Waals surface area contributed by atoms with Crippen molar-refractivity contribution in [1.29, 1.82) is 0 Å². The zero-order valence-electron chi connectivity index (χ0n) is 11.7. The molecule has 0 bridgehead atoms. The number of para-hydroxylation sites is 1. The number of nitrogens with one attached hydrogen (secondary N) is 1. The lowest BCUT2D eigenvalue weighted by molar-refractivity contribution is 0.238. The molecular weight excluding hydrogens is 210 g/mol. The first-order valence-corrected chi connectivity index (χ1v) is 6.49. The number of benzene rings is 1. The zero-order chi connectivity index (χ0) is 12.8. The van der Waals surface area contributed by atoms with Gasteiger partial charge in [0.05, 0.1) is 6.10 Å². The Kier molecular flexibility index (Phi) is 5.49. The van der Waals surface area contributed by atoms with Crippen molar-refractivity contribution in [1.82, 2.24) is 5.32 Å². The van der Waals surface area contributed by atoms with Crippen LogP contribution in [0.4, 0.5) is 0 Å². The Balaban J connectivity index is 2.74. The fourth-order valence-electron chi connectivity index (χ4n) is 1.72. The van der Waals surface area contributed by atoms with Crippen LogP contribution in [-0.2, 0) is 0 Å². The van der Waals surface area contributed by atoms with Gasteiger partial charge < -0.3 is 10.1 Å². The molecular formula is C15H25NO. The van der Waals surface area contributed by atoms with Gasteiger partial charge in [-0.15, -0.1) is 0 Å². The van der Waals surface area contributed by atoms with E-state index in [4.69, 9.17) is 4.74 Å². The third kappa shape index (κ3) is 4.78. The molecule has 1 atom stereocenters. The third-order valence-corrected chi connectivity index (χ3v) is 2.58. The van der Waals surface area contributed by atoms with E-state index in [0.717, 1.165) is 12.3 Å². The van der Waals surface area contributed by atoms with Crippen molar-refractivity contribution in [3.63, 3.8) is 0 Å². The summed E-state index contributed by atoms with van der Waals surface area (Å²) in [5.41, 5.74) is 1.24. The Labute approximate surface area is 105 Å². The van der Waals surface area contributed by atoms with Crippen LogP contribution in [0.5, 0.6) is 5.75 Å². The molecule has 2 heteroatoms. The molecule has 96 valence electrons. The van der Waals surface area contributed by atoms with Crippen molar-refractivity contribution in [3.05, 3.63) is 29.8 Å². The zero-order valence-corrected chi connectivity index (χ0v) is 11.7. The van der Waals surface area contributed by atoms with Crippen LogP contribution in [-0.4, -0.2) is 12.6 Å². The van der Waals surface area contributed by atoms with Gasteiger partial charge in [0.1, 0.15) is 5.75 Å². The fraction of sp³-hybridized carbons (Fsp3) is 0.600. The Morgan fingerprint density at radius 3 is 2.29 bits per heavy atom. The van der Waals surface area contributed by atoms with E-state index in [-0.39, 0.29) is 6.10 Å². The second-order valence-electron chi connectivity index (χ2n) is 5.23. The molecule has 0 aromatic heterocycles. The van der Waals surface area contributed by atoms with Gasteiger partial charge in [0.2, 0.25) is 0 Å². The van der Waals surface area contributed by atoms with Crippen LogP contribution in [0, 0.1) is 5.92 Å². The fourth-order valence-corrected chi connectivity index (χ4v) is 1.72. The molecule has 0 heterocycles. The second-order valence-corrected chi connectivity index (χ2v) is 5.23. The van der Waals surface area contributed by atoms with E-state index in [1.807, 2.05) is 12.1 Å². The summed E-state index contributed by atoms with van der Waals surface area (Å²) in [6, 6.07) is 8.60. The Morgan fingerprint density at radius 2 is 1.71 bits per heavy atom. The molecule has 0 spiro atoms. The van der Waals surface area contributed by atoms with Gasteiger partial charge in [-0.1, -0.05) is 32.0 Å². The van der Waals surface area contributed by atoms with Gasteiger partial charge in [-0.3, -0.25) is 0 Å². The van der Waals surface area contributed by atoms with Crippen LogP contribution < -0.4 is 10.1 Å². The minimum absolute atomic E-state index is 0.216. The molecule has 0 fully saturated rings. The molecule has 0 radical (unpaired) electrons. The van der Waals surface area contributed by atoms with Crippen LogP contribution in [0.2, 0.25) is 0 Å². The van der Waals surface area contributed by atoms with Crippen LogP contribution in [0.15, 0.2) is 24.3 Å². The van der Waals surface area contributed by atoms with Gasteiger partial charge >= 0.3 is 0 Å². The maximum absolute atomic E-state index is 5.83. The van der Waals surface area contributed by atoms with Crippen LogP contribution in [0.3, 0.4) is 0 Å². The summed E-state index contributed by atoms with van der Waals surface area (Å²) in [4.78, 5) is 0. The van der Waals surface area contributed by atoms with E-state index < -0.39 is 0 Å². The number of hydrogen-bond donors (Lipinski definition) is 1. The Morgan fingerprint density at radius 1 is 1.06 bits per heavy atom. The van der Waals surface area contributed by atoms with E-state index in [1.165, 1.54) is 5.56 Å². The summed E-state index contributed by atoms with van der Waals surface area (Å²) >= 11 is 0. The summed E-state index contributed by atoms with van der Waals surface area (Å²) in [6.07, 6.45) is 0.216. The smallest absolute Gasteiger partial charge is 0.124 e. The topological polar surface area (TPSA) is 21.3 Å². The van der Waals surface area contributed by atoms with Crippen molar-refractivity contribution in [3.8, 4) is 5.75 Å². The highest BCUT2D eigenvalue weighted by molar-refractivity contribution is 5.35. The molecule has 1 rings (SSSR count). The van der Waals surface area contributed by atoms with Gasteiger partial charge in [-0.2, -0.15) is 0 Å². The lowest BCUT2D eigenvalue weighted by atomic mass is 10.1. The SMILES string of the molecule is CC(C)CNC(C)c1ccccc1OC(C)C. The van der Waals surface area contributed by atoms with Gasteiger partial charge in [0.15, 0.2) is 0 Å². The molecule has 0 amide bonds. The van der Waals surface area contributed by atoms with E-state index in [1.54, 1.807) is 0 Å². The van der Waals surface area contributed by atoms with Crippen molar-refractivity contribution in [2.24, 2.45) is 5.92 Å². The highest BCUT2D eigenvalue weighted by Crippen LogP contribution is 2.25. The summed E-state index contributed by atoms with van der Waals surface area (Å²) in [5.74, 6) is 1.65. The summed E-state index contributed by atoms with van der Waals surface area (Å²) < 4.78 is 5.83. The number of rotatable bonds is 6. The van der Waals surface area contributed by atoms with Crippen molar-refractivity contribution in [2.75, 3.05) is 6.54 Å². The highest BCUT2D eigenvalue weighted by Gasteiger charge is 2.11. The van der Waals surface area contributed by atoms with E-state index in [0.29, 0.717) is 12.0 Å².